The number of hydrogen-bond acceptors (Lipinski definition) is 2. The smallest absolute Gasteiger partial charge is 0.130 e. The summed E-state index contributed by atoms with van der Waals surface area (Å²) in [4.78, 5) is 0. The van der Waals surface area contributed by atoms with E-state index < -0.39 is 0 Å². The van der Waals surface area contributed by atoms with Crippen LogP contribution in [0.1, 0.15) is 83.1 Å². The zero-order valence-electron chi connectivity index (χ0n) is 19.2. The molecule has 0 aliphatic heterocycles. The molecule has 3 aliphatic rings. The molecule has 0 heterocycles. The number of methoxy groups -OCH3 is 2. The van der Waals surface area contributed by atoms with Gasteiger partial charge in [0.1, 0.15) is 11.5 Å². The second-order valence-corrected chi connectivity index (χ2v) is 12.2. The van der Waals surface area contributed by atoms with Gasteiger partial charge in [-0.2, -0.15) is 0 Å². The molecule has 0 radical (unpaired) electrons. The van der Waals surface area contributed by atoms with Crippen molar-refractivity contribution in [2.24, 2.45) is 5.92 Å². The third-order valence-corrected chi connectivity index (χ3v) is 10.9. The standard InChI is InChI=1S/C27H39O2P/c1-20-17-18-26(23(19-20)27-24(28-2)15-10-16-25(27)29-3)30(21-11-6-4-7-12-21)22-13-8-5-9-14-22/h10,15-18,20-22H,4-9,11-14,19H2,1-3H3. The SMILES string of the molecule is COc1cccc(OC)c1C1=C(P(C2CCCCC2)C2CCCCC2)C=CC(C)C1. The van der Waals surface area contributed by atoms with Crippen molar-refractivity contribution in [1.82, 2.24) is 0 Å². The van der Waals surface area contributed by atoms with Crippen LogP contribution in [0.2, 0.25) is 0 Å². The summed E-state index contributed by atoms with van der Waals surface area (Å²) in [6, 6.07) is 6.26. The van der Waals surface area contributed by atoms with Crippen LogP contribution in [0, 0.1) is 5.92 Å². The quantitative estimate of drug-likeness (QED) is 0.427. The highest BCUT2D eigenvalue weighted by atomic mass is 31.1. The minimum absolute atomic E-state index is 0.150. The molecule has 30 heavy (non-hydrogen) atoms. The Morgan fingerprint density at radius 2 is 1.33 bits per heavy atom. The Labute approximate surface area is 184 Å². The van der Waals surface area contributed by atoms with Gasteiger partial charge >= 0.3 is 0 Å². The van der Waals surface area contributed by atoms with Crippen molar-refractivity contribution in [3.63, 3.8) is 0 Å². The van der Waals surface area contributed by atoms with E-state index in [-0.39, 0.29) is 7.92 Å². The lowest BCUT2D eigenvalue weighted by Crippen LogP contribution is -2.22. The van der Waals surface area contributed by atoms with Crippen molar-refractivity contribution in [1.29, 1.82) is 0 Å². The first-order chi connectivity index (χ1) is 14.7. The fourth-order valence-corrected chi connectivity index (χ4v) is 9.88. The van der Waals surface area contributed by atoms with E-state index >= 15 is 0 Å². The predicted octanol–water partition coefficient (Wildman–Crippen LogP) is 8.16. The molecule has 164 valence electrons. The summed E-state index contributed by atoms with van der Waals surface area (Å²) < 4.78 is 11.7. The Balaban J connectivity index is 1.85. The third kappa shape index (κ3) is 4.64. The molecule has 0 aromatic heterocycles. The van der Waals surface area contributed by atoms with Gasteiger partial charge < -0.3 is 9.47 Å². The van der Waals surface area contributed by atoms with Crippen molar-refractivity contribution >= 4 is 13.5 Å². The van der Waals surface area contributed by atoms with Gasteiger partial charge in [-0.1, -0.05) is 71.6 Å². The molecule has 2 saturated carbocycles. The highest BCUT2D eigenvalue weighted by Crippen LogP contribution is 2.64. The maximum absolute atomic E-state index is 5.86. The van der Waals surface area contributed by atoms with Gasteiger partial charge in [0.05, 0.1) is 19.8 Å². The van der Waals surface area contributed by atoms with Crippen LogP contribution in [0.4, 0.5) is 0 Å². The van der Waals surface area contributed by atoms with E-state index in [1.165, 1.54) is 75.3 Å². The fraction of sp³-hybridized carbons (Fsp3) is 0.630. The molecule has 0 bridgehead atoms. The number of allylic oxidation sites excluding steroid dienone is 4. The van der Waals surface area contributed by atoms with Gasteiger partial charge in [0.2, 0.25) is 0 Å². The van der Waals surface area contributed by atoms with Gasteiger partial charge in [0.15, 0.2) is 0 Å². The largest absolute Gasteiger partial charge is 0.496 e. The summed E-state index contributed by atoms with van der Waals surface area (Å²) in [5.41, 5.74) is 4.54. The Morgan fingerprint density at radius 3 is 1.83 bits per heavy atom. The van der Waals surface area contributed by atoms with Crippen LogP contribution >= 0.6 is 7.92 Å². The average Bonchev–Trinajstić information content (AvgIpc) is 2.81. The minimum atomic E-state index is -0.150. The molecule has 0 spiro atoms. The normalized spacial score (nSPS) is 23.8. The number of benzene rings is 1. The predicted molar refractivity (Wildman–Crippen MR) is 130 cm³/mol. The molecule has 2 nitrogen and oxygen atoms in total. The average molecular weight is 427 g/mol. The molecule has 1 atom stereocenters. The van der Waals surface area contributed by atoms with Gasteiger partial charge in [0.25, 0.3) is 0 Å². The van der Waals surface area contributed by atoms with E-state index in [1.807, 2.05) is 0 Å². The maximum Gasteiger partial charge on any atom is 0.130 e. The zero-order valence-corrected chi connectivity index (χ0v) is 20.1. The molecule has 3 heteroatoms. The van der Waals surface area contributed by atoms with Gasteiger partial charge in [-0.25, -0.2) is 0 Å². The summed E-state index contributed by atoms with van der Waals surface area (Å²) in [6.07, 6.45) is 20.4. The Morgan fingerprint density at radius 1 is 0.800 bits per heavy atom. The Hall–Kier alpha value is -1.27. The summed E-state index contributed by atoms with van der Waals surface area (Å²) in [5.74, 6) is 2.49. The van der Waals surface area contributed by atoms with E-state index in [2.05, 4.69) is 37.3 Å². The van der Waals surface area contributed by atoms with E-state index in [0.29, 0.717) is 5.92 Å². The summed E-state index contributed by atoms with van der Waals surface area (Å²) in [6.45, 7) is 2.35. The molecule has 0 amide bonds. The van der Waals surface area contributed by atoms with Crippen LogP contribution in [0.25, 0.3) is 5.57 Å². The van der Waals surface area contributed by atoms with Crippen LogP contribution < -0.4 is 9.47 Å². The van der Waals surface area contributed by atoms with E-state index in [1.54, 1.807) is 19.5 Å². The molecule has 0 N–H and O–H groups in total. The van der Waals surface area contributed by atoms with Crippen LogP contribution in [0.15, 0.2) is 35.7 Å². The highest BCUT2D eigenvalue weighted by Gasteiger charge is 2.36. The van der Waals surface area contributed by atoms with Crippen LogP contribution in [0.5, 0.6) is 11.5 Å². The van der Waals surface area contributed by atoms with Gasteiger partial charge in [0, 0.05) is 0 Å². The number of rotatable bonds is 6. The lowest BCUT2D eigenvalue weighted by atomic mass is 9.90. The number of ether oxygens (including phenoxy) is 2. The molecule has 1 aromatic carbocycles. The second kappa shape index (κ2) is 10.4. The van der Waals surface area contributed by atoms with E-state index in [9.17, 15) is 0 Å². The molecule has 3 aliphatic carbocycles. The highest BCUT2D eigenvalue weighted by molar-refractivity contribution is 7.64. The lowest BCUT2D eigenvalue weighted by Gasteiger charge is -2.41. The molecular formula is C27H39O2P. The molecular weight excluding hydrogens is 387 g/mol. The molecule has 4 rings (SSSR count). The molecule has 1 unspecified atom stereocenters. The van der Waals surface area contributed by atoms with Crippen LogP contribution in [0.3, 0.4) is 0 Å². The maximum atomic E-state index is 5.86. The van der Waals surface area contributed by atoms with Crippen LogP contribution in [-0.2, 0) is 0 Å². The first kappa shape index (κ1) is 21.9. The van der Waals surface area contributed by atoms with Crippen molar-refractivity contribution < 1.29 is 9.47 Å². The number of hydrogen-bond donors (Lipinski definition) is 0. The zero-order chi connectivity index (χ0) is 20.9. The first-order valence-electron chi connectivity index (χ1n) is 12.1. The summed E-state index contributed by atoms with van der Waals surface area (Å²) >= 11 is 0. The fourth-order valence-electron chi connectivity index (χ4n) is 5.88. The molecule has 1 aromatic rings. The second-order valence-electron chi connectivity index (χ2n) is 9.43. The summed E-state index contributed by atoms with van der Waals surface area (Å²) in [7, 11) is 3.44. The summed E-state index contributed by atoms with van der Waals surface area (Å²) in [5, 5.41) is 1.67. The lowest BCUT2D eigenvalue weighted by molar-refractivity contribution is 0.391. The van der Waals surface area contributed by atoms with Gasteiger partial charge in [-0.15, -0.1) is 0 Å². The van der Waals surface area contributed by atoms with Crippen molar-refractivity contribution in [2.45, 2.75) is 88.9 Å². The first-order valence-corrected chi connectivity index (χ1v) is 13.6. The van der Waals surface area contributed by atoms with Gasteiger partial charge in [-0.05, 0) is 72.4 Å². The molecule has 0 saturated heterocycles. The van der Waals surface area contributed by atoms with Crippen molar-refractivity contribution in [2.75, 3.05) is 14.2 Å². The van der Waals surface area contributed by atoms with Crippen LogP contribution in [-0.4, -0.2) is 25.5 Å². The van der Waals surface area contributed by atoms with Crippen molar-refractivity contribution in [3.05, 3.63) is 41.2 Å². The Kier molecular flexibility index (Phi) is 7.58. The molecule has 2 fully saturated rings. The Bertz CT molecular complexity index is 729. The topological polar surface area (TPSA) is 18.5 Å². The van der Waals surface area contributed by atoms with Gasteiger partial charge in [-0.3, -0.25) is 0 Å². The van der Waals surface area contributed by atoms with E-state index in [0.717, 1.165) is 29.2 Å². The minimum Gasteiger partial charge on any atom is -0.496 e. The van der Waals surface area contributed by atoms with Crippen molar-refractivity contribution in [3.8, 4) is 11.5 Å². The third-order valence-electron chi connectivity index (χ3n) is 7.36. The monoisotopic (exact) mass is 426 g/mol. The van der Waals surface area contributed by atoms with E-state index in [4.69, 9.17) is 9.47 Å².